The van der Waals surface area contributed by atoms with Crippen LogP contribution in [-0.4, -0.2) is 22.6 Å². The third kappa shape index (κ3) is 4.15. The van der Waals surface area contributed by atoms with Crippen LogP contribution in [0.4, 0.5) is 0 Å². The zero-order chi connectivity index (χ0) is 17.8. The molecule has 128 valence electrons. The number of carbonyl (C=O) groups is 2. The molecule has 3 rings (SSSR count). The minimum Gasteiger partial charge on any atom is -0.358 e. The van der Waals surface area contributed by atoms with Crippen LogP contribution in [0.3, 0.4) is 0 Å². The van der Waals surface area contributed by atoms with Gasteiger partial charge in [-0.05, 0) is 37.3 Å². The van der Waals surface area contributed by atoms with Gasteiger partial charge in [-0.2, -0.15) is 0 Å². The summed E-state index contributed by atoms with van der Waals surface area (Å²) in [5.74, 6) is -0.473. The molecule has 0 fully saturated rings. The van der Waals surface area contributed by atoms with Gasteiger partial charge in [-0.15, -0.1) is 11.8 Å². The van der Waals surface area contributed by atoms with E-state index >= 15 is 0 Å². The summed E-state index contributed by atoms with van der Waals surface area (Å²) in [5.41, 5.74) is 7.30. The number of hydrazine groups is 1. The monoisotopic (exact) mass is 373 g/mol. The Kier molecular flexibility index (Phi) is 5.31. The lowest BCUT2D eigenvalue weighted by atomic mass is 10.2. The van der Waals surface area contributed by atoms with Crippen LogP contribution < -0.4 is 10.9 Å². The van der Waals surface area contributed by atoms with Crippen LogP contribution in [0.5, 0.6) is 0 Å². The molecule has 25 heavy (non-hydrogen) atoms. The van der Waals surface area contributed by atoms with Crippen LogP contribution in [0.25, 0.3) is 10.9 Å². The van der Waals surface area contributed by atoms with Gasteiger partial charge >= 0.3 is 0 Å². The topological polar surface area (TPSA) is 74.0 Å². The van der Waals surface area contributed by atoms with Gasteiger partial charge in [0.1, 0.15) is 0 Å². The number of para-hydroxylation sites is 1. The molecule has 0 aliphatic carbocycles. The zero-order valence-corrected chi connectivity index (χ0v) is 15.0. The lowest BCUT2D eigenvalue weighted by Crippen LogP contribution is -2.42. The molecule has 2 aromatic carbocycles. The summed E-state index contributed by atoms with van der Waals surface area (Å²) in [6.45, 7) is 1.97. The molecule has 0 saturated carbocycles. The molecule has 5 nitrogen and oxygen atoms in total. The maximum absolute atomic E-state index is 12.0. The maximum Gasteiger partial charge on any atom is 0.269 e. The molecule has 2 amide bonds. The fourth-order valence-electron chi connectivity index (χ4n) is 2.41. The highest BCUT2D eigenvalue weighted by Crippen LogP contribution is 2.30. The molecule has 0 aliphatic heterocycles. The van der Waals surface area contributed by atoms with E-state index < -0.39 is 5.91 Å². The summed E-state index contributed by atoms with van der Waals surface area (Å²) >= 11 is 7.21. The number of H-pyrrole nitrogens is 1. The number of benzene rings is 2. The quantitative estimate of drug-likeness (QED) is 0.482. The van der Waals surface area contributed by atoms with Crippen molar-refractivity contribution >= 4 is 46.1 Å². The molecule has 0 unspecified atom stereocenters. The van der Waals surface area contributed by atoms with Gasteiger partial charge in [0, 0.05) is 32.1 Å². The van der Waals surface area contributed by atoms with Gasteiger partial charge in [-0.25, -0.2) is 0 Å². The van der Waals surface area contributed by atoms with E-state index in [9.17, 15) is 9.59 Å². The molecule has 0 spiro atoms. The summed E-state index contributed by atoms with van der Waals surface area (Å²) in [5, 5.41) is 1.63. The Morgan fingerprint density at radius 2 is 1.80 bits per heavy atom. The minimum atomic E-state index is -0.390. The van der Waals surface area contributed by atoms with Crippen LogP contribution in [0.2, 0.25) is 5.02 Å². The Balaban J connectivity index is 1.55. The van der Waals surface area contributed by atoms with E-state index in [2.05, 4.69) is 15.8 Å². The Morgan fingerprint density at radius 1 is 1.08 bits per heavy atom. The van der Waals surface area contributed by atoms with Crippen molar-refractivity contribution in [2.45, 2.75) is 11.8 Å². The molecule has 1 heterocycles. The molecule has 7 heteroatoms. The average Bonchev–Trinajstić information content (AvgIpc) is 2.93. The largest absolute Gasteiger partial charge is 0.358 e. The predicted octanol–water partition coefficient (Wildman–Crippen LogP) is 3.68. The zero-order valence-electron chi connectivity index (χ0n) is 13.4. The molecule has 3 N–H and O–H groups in total. The number of aromatic nitrogens is 1. The second kappa shape index (κ2) is 7.63. The summed E-state index contributed by atoms with van der Waals surface area (Å²) < 4.78 is 0. The first-order valence-electron chi connectivity index (χ1n) is 7.59. The minimum absolute atomic E-state index is 0.198. The van der Waals surface area contributed by atoms with Crippen molar-refractivity contribution in [1.82, 2.24) is 15.8 Å². The van der Waals surface area contributed by atoms with Crippen LogP contribution >= 0.6 is 23.4 Å². The molecule has 0 radical (unpaired) electrons. The molecular weight excluding hydrogens is 358 g/mol. The number of amides is 2. The van der Waals surface area contributed by atoms with E-state index in [0.29, 0.717) is 10.6 Å². The van der Waals surface area contributed by atoms with E-state index in [1.807, 2.05) is 31.2 Å². The Bertz CT molecular complexity index is 922. The summed E-state index contributed by atoms with van der Waals surface area (Å²) in [6, 6.07) is 14.4. The molecule has 0 aliphatic rings. The number of carbonyl (C=O) groups excluding carboxylic acids is 2. The Hall–Kier alpha value is -2.44. The van der Waals surface area contributed by atoms with E-state index in [1.165, 1.54) is 11.8 Å². The fraction of sp³-hybridized carbons (Fsp3) is 0.111. The third-order valence-electron chi connectivity index (χ3n) is 3.60. The standard InChI is InChI=1S/C18H16ClN3O2S/c1-11-17(14-4-2-3-5-15(14)20-11)25-10-16(23)21-22-18(24)12-6-8-13(19)9-7-12/h2-9,20H,10H2,1H3,(H,21,23)(H,22,24). The van der Waals surface area contributed by atoms with Crippen molar-refractivity contribution in [3.8, 4) is 0 Å². The first-order chi connectivity index (χ1) is 12.0. The van der Waals surface area contributed by atoms with E-state index in [1.54, 1.807) is 24.3 Å². The van der Waals surface area contributed by atoms with Gasteiger partial charge in [0.2, 0.25) is 5.91 Å². The van der Waals surface area contributed by atoms with Crippen LogP contribution in [0.1, 0.15) is 16.1 Å². The second-order valence-corrected chi connectivity index (χ2v) is 6.84. The fourth-order valence-corrected chi connectivity index (χ4v) is 3.49. The normalized spacial score (nSPS) is 10.6. The van der Waals surface area contributed by atoms with Gasteiger partial charge in [-0.3, -0.25) is 20.4 Å². The van der Waals surface area contributed by atoms with Crippen molar-refractivity contribution in [1.29, 1.82) is 0 Å². The highest BCUT2D eigenvalue weighted by atomic mass is 35.5. The summed E-state index contributed by atoms with van der Waals surface area (Å²) in [7, 11) is 0. The predicted molar refractivity (Wildman–Crippen MR) is 101 cm³/mol. The number of nitrogens with one attached hydrogen (secondary N) is 3. The first kappa shape index (κ1) is 17.4. The Morgan fingerprint density at radius 3 is 2.56 bits per heavy atom. The number of rotatable bonds is 4. The molecule has 1 aromatic heterocycles. The van der Waals surface area contributed by atoms with Gasteiger partial charge < -0.3 is 4.98 Å². The van der Waals surface area contributed by atoms with E-state index in [0.717, 1.165) is 21.5 Å². The van der Waals surface area contributed by atoms with Gasteiger partial charge in [0.05, 0.1) is 5.75 Å². The summed E-state index contributed by atoms with van der Waals surface area (Å²) in [6.07, 6.45) is 0. The van der Waals surface area contributed by atoms with Gasteiger partial charge in [-0.1, -0.05) is 29.8 Å². The number of thioether (sulfide) groups is 1. The number of aryl methyl sites for hydroxylation is 1. The maximum atomic E-state index is 12.0. The lowest BCUT2D eigenvalue weighted by Gasteiger charge is -2.07. The number of aromatic amines is 1. The number of hydrogen-bond acceptors (Lipinski definition) is 3. The van der Waals surface area contributed by atoms with Crippen LogP contribution in [-0.2, 0) is 4.79 Å². The molecular formula is C18H16ClN3O2S. The second-order valence-electron chi connectivity index (χ2n) is 5.42. The van der Waals surface area contributed by atoms with Crippen molar-refractivity contribution in [2.24, 2.45) is 0 Å². The van der Waals surface area contributed by atoms with Crippen LogP contribution in [0, 0.1) is 6.92 Å². The van der Waals surface area contributed by atoms with E-state index in [4.69, 9.17) is 11.6 Å². The smallest absolute Gasteiger partial charge is 0.269 e. The third-order valence-corrected chi connectivity index (χ3v) is 5.08. The SMILES string of the molecule is Cc1[nH]c2ccccc2c1SCC(=O)NNC(=O)c1ccc(Cl)cc1. The number of hydrogen-bond donors (Lipinski definition) is 3. The number of fused-ring (bicyclic) bond motifs is 1. The highest BCUT2D eigenvalue weighted by molar-refractivity contribution is 8.00. The molecule has 0 bridgehead atoms. The Labute approximate surface area is 154 Å². The van der Waals surface area contributed by atoms with Gasteiger partial charge in [0.15, 0.2) is 0 Å². The average molecular weight is 374 g/mol. The molecule has 0 atom stereocenters. The van der Waals surface area contributed by atoms with Gasteiger partial charge in [0.25, 0.3) is 5.91 Å². The summed E-state index contributed by atoms with van der Waals surface area (Å²) in [4.78, 5) is 28.3. The van der Waals surface area contributed by atoms with Crippen molar-refractivity contribution in [3.05, 3.63) is 64.8 Å². The highest BCUT2D eigenvalue weighted by Gasteiger charge is 2.12. The van der Waals surface area contributed by atoms with Crippen LogP contribution in [0.15, 0.2) is 53.4 Å². The van der Waals surface area contributed by atoms with E-state index in [-0.39, 0.29) is 11.7 Å². The molecule has 3 aromatic rings. The number of halogens is 1. The first-order valence-corrected chi connectivity index (χ1v) is 8.96. The lowest BCUT2D eigenvalue weighted by molar-refractivity contribution is -0.119. The van der Waals surface area contributed by atoms with Crippen molar-refractivity contribution in [2.75, 3.05) is 5.75 Å². The van der Waals surface area contributed by atoms with Crippen molar-refractivity contribution < 1.29 is 9.59 Å². The molecule has 0 saturated heterocycles. The van der Waals surface area contributed by atoms with Crippen molar-refractivity contribution in [3.63, 3.8) is 0 Å².